The molecule has 5 atom stereocenters. The molecule has 5 rings (SSSR count). The molecule has 0 bridgehead atoms. The molecule has 0 N–H and O–H groups in total. The molecular formula is C24H30N2O2. The van der Waals surface area contributed by atoms with Crippen LogP contribution in [0.2, 0.25) is 0 Å². The molecule has 2 saturated carbocycles. The van der Waals surface area contributed by atoms with E-state index in [9.17, 15) is 4.79 Å². The molecule has 0 amide bonds. The van der Waals surface area contributed by atoms with E-state index in [0.717, 1.165) is 25.8 Å². The summed E-state index contributed by atoms with van der Waals surface area (Å²) in [5.74, 6) is 2.99. The molecule has 1 aromatic heterocycles. The van der Waals surface area contributed by atoms with E-state index in [1.807, 2.05) is 12.3 Å². The molecule has 0 radical (unpaired) electrons. The van der Waals surface area contributed by atoms with Gasteiger partial charge in [0.1, 0.15) is 5.78 Å². The highest BCUT2D eigenvalue weighted by molar-refractivity contribution is 6.07. The number of Topliss-reactive ketones (excluding diaryl/α,β-unsaturated/α-hetero) is 1. The molecule has 1 aliphatic heterocycles. The van der Waals surface area contributed by atoms with Crippen molar-refractivity contribution in [2.75, 3.05) is 13.7 Å². The summed E-state index contributed by atoms with van der Waals surface area (Å²) in [5, 5.41) is 0. The lowest BCUT2D eigenvalue weighted by Crippen LogP contribution is -2.54. The van der Waals surface area contributed by atoms with Gasteiger partial charge in [0.15, 0.2) is 0 Å². The minimum absolute atomic E-state index is 0.141. The maximum absolute atomic E-state index is 12.0. The van der Waals surface area contributed by atoms with E-state index >= 15 is 0 Å². The number of fused-ring (bicyclic) bond motifs is 5. The van der Waals surface area contributed by atoms with Crippen molar-refractivity contribution in [2.45, 2.75) is 52.4 Å². The predicted octanol–water partition coefficient (Wildman–Crippen LogP) is 4.74. The number of aliphatic imine (C=N–C) groups is 1. The summed E-state index contributed by atoms with van der Waals surface area (Å²) in [7, 11) is 1.66. The van der Waals surface area contributed by atoms with E-state index in [0.29, 0.717) is 35.8 Å². The van der Waals surface area contributed by atoms with E-state index < -0.39 is 0 Å². The molecule has 2 heterocycles. The quantitative estimate of drug-likeness (QED) is 0.747. The number of ether oxygens (including phenoxy) is 1. The minimum Gasteiger partial charge on any atom is -0.481 e. The van der Waals surface area contributed by atoms with Crippen LogP contribution in [0.15, 0.2) is 29.4 Å². The largest absolute Gasteiger partial charge is 0.481 e. The number of ketones is 1. The highest BCUT2D eigenvalue weighted by atomic mass is 16.5. The van der Waals surface area contributed by atoms with Gasteiger partial charge in [0.2, 0.25) is 5.88 Å². The van der Waals surface area contributed by atoms with E-state index in [-0.39, 0.29) is 10.8 Å². The van der Waals surface area contributed by atoms with Crippen molar-refractivity contribution in [1.29, 1.82) is 0 Å². The number of pyridine rings is 1. The van der Waals surface area contributed by atoms with E-state index in [2.05, 4.69) is 31.0 Å². The number of carbonyl (C=O) groups excluding carboxylic acids is 1. The zero-order valence-corrected chi connectivity index (χ0v) is 17.2. The second-order valence-corrected chi connectivity index (χ2v) is 9.70. The molecule has 0 saturated heterocycles. The first kappa shape index (κ1) is 18.1. The van der Waals surface area contributed by atoms with Crippen LogP contribution >= 0.6 is 0 Å². The molecule has 148 valence electrons. The maximum Gasteiger partial charge on any atom is 0.212 e. The number of aromatic nitrogens is 1. The lowest BCUT2D eigenvalue weighted by Gasteiger charge is -2.56. The van der Waals surface area contributed by atoms with Crippen LogP contribution in [-0.2, 0) is 4.79 Å². The lowest BCUT2D eigenvalue weighted by molar-refractivity contribution is -0.120. The fourth-order valence-electron chi connectivity index (χ4n) is 6.88. The zero-order valence-electron chi connectivity index (χ0n) is 17.2. The Morgan fingerprint density at radius 3 is 2.75 bits per heavy atom. The highest BCUT2D eigenvalue weighted by Crippen LogP contribution is 2.63. The Hall–Kier alpha value is -1.97. The molecule has 3 aliphatic carbocycles. The summed E-state index contributed by atoms with van der Waals surface area (Å²) in [6.07, 6.45) is 10.4. The number of nitrogens with zero attached hydrogens (tertiary/aromatic N) is 2. The van der Waals surface area contributed by atoms with Crippen molar-refractivity contribution in [1.82, 2.24) is 4.98 Å². The molecular weight excluding hydrogens is 348 g/mol. The number of methoxy groups -OCH3 is 1. The monoisotopic (exact) mass is 378 g/mol. The van der Waals surface area contributed by atoms with Crippen LogP contribution in [0.5, 0.6) is 5.88 Å². The van der Waals surface area contributed by atoms with Crippen LogP contribution in [0.4, 0.5) is 0 Å². The first-order chi connectivity index (χ1) is 13.5. The highest BCUT2D eigenvalue weighted by Gasteiger charge is 2.57. The van der Waals surface area contributed by atoms with Crippen LogP contribution in [0.3, 0.4) is 0 Å². The van der Waals surface area contributed by atoms with Crippen molar-refractivity contribution in [3.8, 4) is 5.88 Å². The van der Waals surface area contributed by atoms with Gasteiger partial charge in [-0.2, -0.15) is 0 Å². The third-order valence-electron chi connectivity index (χ3n) is 8.53. The molecule has 4 nitrogen and oxygen atoms in total. The van der Waals surface area contributed by atoms with Crippen LogP contribution < -0.4 is 4.74 Å². The van der Waals surface area contributed by atoms with Crippen molar-refractivity contribution < 1.29 is 9.53 Å². The van der Waals surface area contributed by atoms with Crippen molar-refractivity contribution in [3.63, 3.8) is 0 Å². The number of hydrogen-bond acceptors (Lipinski definition) is 4. The van der Waals surface area contributed by atoms with Crippen molar-refractivity contribution in [2.24, 2.45) is 33.6 Å². The molecule has 0 unspecified atom stereocenters. The SMILES string of the molecule is COc1ccc(C2=CC[C@H]3[C@@H]4CN=C5CC(=O)CC[C@]5(C)[C@H]4CC[C@]23C)cn1. The van der Waals surface area contributed by atoms with Crippen molar-refractivity contribution >= 4 is 17.1 Å². The van der Waals surface area contributed by atoms with Gasteiger partial charge in [-0.15, -0.1) is 0 Å². The van der Waals surface area contributed by atoms with Gasteiger partial charge in [0.05, 0.1) is 7.11 Å². The minimum atomic E-state index is 0.141. The fraction of sp³-hybridized carbons (Fsp3) is 0.625. The Morgan fingerprint density at radius 1 is 1.14 bits per heavy atom. The normalized spacial score (nSPS) is 39.4. The number of allylic oxidation sites excluding steroid dienone is 2. The molecule has 28 heavy (non-hydrogen) atoms. The van der Waals surface area contributed by atoms with E-state index in [4.69, 9.17) is 9.73 Å². The van der Waals surface area contributed by atoms with Gasteiger partial charge in [-0.1, -0.05) is 19.9 Å². The van der Waals surface area contributed by atoms with E-state index in [1.54, 1.807) is 7.11 Å². The molecule has 0 aromatic carbocycles. The molecule has 1 aromatic rings. The summed E-state index contributed by atoms with van der Waals surface area (Å²) in [6.45, 7) is 5.77. The Labute approximate surface area is 167 Å². The third-order valence-corrected chi connectivity index (χ3v) is 8.53. The number of carbonyl (C=O) groups is 1. The second kappa shape index (κ2) is 6.27. The van der Waals surface area contributed by atoms with Crippen LogP contribution in [0.25, 0.3) is 5.57 Å². The van der Waals surface area contributed by atoms with Gasteiger partial charge in [-0.05, 0) is 66.1 Å². The standard InChI is InChI=1S/C24H30N2O2/c1-23-11-9-20-17(14-25-21-12-16(27)8-10-24(20,21)2)19(23)6-5-18(23)15-4-7-22(28-3)26-13-15/h4-5,7,13,17,19-20H,6,8-12,14H2,1-3H3/t17-,19-,20-,23+,24+/m0/s1. The molecule has 0 spiro atoms. The van der Waals surface area contributed by atoms with Crippen LogP contribution in [0, 0.1) is 28.6 Å². The number of hydrogen-bond donors (Lipinski definition) is 0. The van der Waals surface area contributed by atoms with Crippen LogP contribution in [0.1, 0.15) is 57.9 Å². The van der Waals surface area contributed by atoms with Gasteiger partial charge < -0.3 is 4.74 Å². The summed E-state index contributed by atoms with van der Waals surface area (Å²) >= 11 is 0. The third kappa shape index (κ3) is 2.46. The molecule has 4 heteroatoms. The summed E-state index contributed by atoms with van der Waals surface area (Å²) < 4.78 is 5.23. The zero-order chi connectivity index (χ0) is 19.5. The first-order valence-corrected chi connectivity index (χ1v) is 10.7. The first-order valence-electron chi connectivity index (χ1n) is 10.7. The Bertz CT molecular complexity index is 871. The smallest absolute Gasteiger partial charge is 0.212 e. The Kier molecular flexibility index (Phi) is 4.05. The summed E-state index contributed by atoms with van der Waals surface area (Å²) in [5.41, 5.74) is 4.25. The maximum atomic E-state index is 12.0. The fourth-order valence-corrected chi connectivity index (χ4v) is 6.88. The van der Waals surface area contributed by atoms with Gasteiger partial charge in [-0.3, -0.25) is 9.79 Å². The summed E-state index contributed by atoms with van der Waals surface area (Å²) in [6, 6.07) is 4.12. The van der Waals surface area contributed by atoms with Gasteiger partial charge in [0.25, 0.3) is 0 Å². The van der Waals surface area contributed by atoms with Gasteiger partial charge in [-0.25, -0.2) is 4.98 Å². The van der Waals surface area contributed by atoms with Gasteiger partial charge in [0, 0.05) is 42.8 Å². The van der Waals surface area contributed by atoms with E-state index in [1.165, 1.54) is 29.7 Å². The average molecular weight is 379 g/mol. The second-order valence-electron chi connectivity index (χ2n) is 9.70. The Morgan fingerprint density at radius 2 is 2.00 bits per heavy atom. The average Bonchev–Trinajstić information content (AvgIpc) is 3.06. The molecule has 4 aliphatic rings. The Balaban J connectivity index is 1.45. The number of rotatable bonds is 2. The predicted molar refractivity (Wildman–Crippen MR) is 110 cm³/mol. The van der Waals surface area contributed by atoms with Crippen LogP contribution in [-0.4, -0.2) is 30.1 Å². The van der Waals surface area contributed by atoms with Gasteiger partial charge >= 0.3 is 0 Å². The summed E-state index contributed by atoms with van der Waals surface area (Å²) in [4.78, 5) is 21.5. The van der Waals surface area contributed by atoms with Crippen molar-refractivity contribution in [3.05, 3.63) is 30.0 Å². The lowest BCUT2D eigenvalue weighted by atomic mass is 9.49. The topological polar surface area (TPSA) is 51.5 Å². The molecule has 2 fully saturated rings.